The number of anilines is 2. The van der Waals surface area contributed by atoms with E-state index in [1.807, 2.05) is 49.4 Å². The van der Waals surface area contributed by atoms with Crippen LogP contribution in [-0.2, 0) is 10.0 Å². The van der Waals surface area contributed by atoms with Crippen LogP contribution in [0.15, 0.2) is 90.0 Å². The normalized spacial score (nSPS) is 11.2. The Balaban J connectivity index is 1.55. The molecule has 0 aliphatic carbocycles. The number of sulfonamides is 1. The number of hydrogen-bond acceptors (Lipinski definition) is 4. The highest BCUT2D eigenvalue weighted by Gasteiger charge is 2.19. The first kappa shape index (κ1) is 21.3. The number of aryl methyl sites for hydroxylation is 2. The molecular formula is C24H22N4O3S. The van der Waals surface area contributed by atoms with Crippen LogP contribution in [0.3, 0.4) is 0 Å². The van der Waals surface area contributed by atoms with E-state index < -0.39 is 15.9 Å². The Kier molecular flexibility index (Phi) is 5.79. The molecule has 1 amide bonds. The van der Waals surface area contributed by atoms with Crippen molar-refractivity contribution in [1.82, 2.24) is 9.78 Å². The zero-order chi connectivity index (χ0) is 22.7. The lowest BCUT2D eigenvalue weighted by molar-refractivity contribution is 0.102. The summed E-state index contributed by atoms with van der Waals surface area (Å²) in [5.41, 5.74) is 3.25. The molecule has 0 spiro atoms. The highest BCUT2D eigenvalue weighted by atomic mass is 32.2. The quantitative estimate of drug-likeness (QED) is 0.455. The number of nitrogens with one attached hydrogen (secondary N) is 2. The van der Waals surface area contributed by atoms with Crippen molar-refractivity contribution in [2.24, 2.45) is 0 Å². The van der Waals surface area contributed by atoms with E-state index in [9.17, 15) is 13.2 Å². The molecule has 0 fully saturated rings. The molecule has 1 aromatic heterocycles. The van der Waals surface area contributed by atoms with Crippen molar-refractivity contribution in [3.8, 4) is 5.69 Å². The van der Waals surface area contributed by atoms with Gasteiger partial charge in [0.25, 0.3) is 15.9 Å². The summed E-state index contributed by atoms with van der Waals surface area (Å²) in [6.45, 7) is 3.67. The SMILES string of the molecule is Cc1ccc(NS(=O)(=O)c2ccc(C)c(C(=O)Nc3ccn(-c4ccccc4)n3)c2)cc1. The molecule has 0 unspecified atom stereocenters. The van der Waals surface area contributed by atoms with E-state index in [1.165, 1.54) is 12.1 Å². The standard InChI is InChI=1S/C24H22N4O3S/c1-17-8-11-19(12-9-17)27-32(30,31)21-13-10-18(2)22(16-21)24(29)25-23-14-15-28(26-23)20-6-4-3-5-7-20/h3-16,27H,1-2H3,(H,25,26,29). The minimum Gasteiger partial charge on any atom is -0.305 e. The van der Waals surface area contributed by atoms with Gasteiger partial charge in [0.15, 0.2) is 5.82 Å². The fourth-order valence-electron chi connectivity index (χ4n) is 3.15. The van der Waals surface area contributed by atoms with Crippen molar-refractivity contribution >= 4 is 27.4 Å². The molecule has 0 bridgehead atoms. The summed E-state index contributed by atoms with van der Waals surface area (Å²) in [6, 6.07) is 22.7. The summed E-state index contributed by atoms with van der Waals surface area (Å²) in [4.78, 5) is 12.9. The molecule has 0 saturated heterocycles. The van der Waals surface area contributed by atoms with Gasteiger partial charge in [-0.3, -0.25) is 9.52 Å². The topological polar surface area (TPSA) is 93.1 Å². The van der Waals surface area contributed by atoms with Gasteiger partial charge in [-0.2, -0.15) is 5.10 Å². The van der Waals surface area contributed by atoms with Crippen LogP contribution in [0.5, 0.6) is 0 Å². The van der Waals surface area contributed by atoms with Gasteiger partial charge in [-0.25, -0.2) is 13.1 Å². The lowest BCUT2D eigenvalue weighted by Crippen LogP contribution is -2.17. The third kappa shape index (κ3) is 4.70. The van der Waals surface area contributed by atoms with Crippen molar-refractivity contribution < 1.29 is 13.2 Å². The number of benzene rings is 3. The maximum atomic E-state index is 12.9. The van der Waals surface area contributed by atoms with Gasteiger partial charge in [-0.1, -0.05) is 42.0 Å². The number of aromatic nitrogens is 2. The summed E-state index contributed by atoms with van der Waals surface area (Å²) >= 11 is 0. The number of hydrogen-bond donors (Lipinski definition) is 2. The van der Waals surface area contributed by atoms with Gasteiger partial charge in [0, 0.05) is 23.5 Å². The monoisotopic (exact) mass is 446 g/mol. The van der Waals surface area contributed by atoms with E-state index in [1.54, 1.807) is 42.1 Å². The molecule has 0 aliphatic rings. The molecule has 1 heterocycles. The Morgan fingerprint density at radius 2 is 1.62 bits per heavy atom. The molecule has 0 saturated carbocycles. The first-order valence-electron chi connectivity index (χ1n) is 9.94. The molecule has 4 rings (SSSR count). The number of carbonyl (C=O) groups is 1. The van der Waals surface area contributed by atoms with Crippen molar-refractivity contribution in [2.75, 3.05) is 10.0 Å². The summed E-state index contributed by atoms with van der Waals surface area (Å²) in [7, 11) is -3.85. The first-order chi connectivity index (χ1) is 15.3. The molecule has 162 valence electrons. The Bertz CT molecular complexity index is 1360. The van der Waals surface area contributed by atoms with E-state index >= 15 is 0 Å². The molecule has 3 aromatic carbocycles. The highest BCUT2D eigenvalue weighted by Crippen LogP contribution is 2.21. The third-order valence-corrected chi connectivity index (χ3v) is 6.30. The van der Waals surface area contributed by atoms with Gasteiger partial charge in [-0.15, -0.1) is 0 Å². The molecular weight excluding hydrogens is 424 g/mol. The number of para-hydroxylation sites is 1. The van der Waals surface area contributed by atoms with Crippen molar-refractivity contribution in [2.45, 2.75) is 18.7 Å². The summed E-state index contributed by atoms with van der Waals surface area (Å²) < 4.78 is 29.9. The van der Waals surface area contributed by atoms with Crippen LogP contribution in [0.25, 0.3) is 5.69 Å². The second kappa shape index (κ2) is 8.68. The average molecular weight is 447 g/mol. The number of nitrogens with zero attached hydrogens (tertiary/aromatic N) is 2. The average Bonchev–Trinajstić information content (AvgIpc) is 3.24. The van der Waals surface area contributed by atoms with Crippen LogP contribution in [0.1, 0.15) is 21.5 Å². The Labute approximate surface area is 186 Å². The molecule has 8 heteroatoms. The van der Waals surface area contributed by atoms with E-state index in [0.29, 0.717) is 17.1 Å². The molecule has 0 radical (unpaired) electrons. The van der Waals surface area contributed by atoms with Gasteiger partial charge < -0.3 is 5.32 Å². The van der Waals surface area contributed by atoms with Crippen molar-refractivity contribution in [3.05, 3.63) is 102 Å². The molecule has 7 nitrogen and oxygen atoms in total. The van der Waals surface area contributed by atoms with Gasteiger partial charge in [-0.05, 0) is 55.8 Å². The number of carbonyl (C=O) groups excluding carboxylic acids is 1. The maximum Gasteiger partial charge on any atom is 0.261 e. The smallest absolute Gasteiger partial charge is 0.261 e. The zero-order valence-corrected chi connectivity index (χ0v) is 18.4. The van der Waals surface area contributed by atoms with Crippen molar-refractivity contribution in [3.63, 3.8) is 0 Å². The molecule has 2 N–H and O–H groups in total. The van der Waals surface area contributed by atoms with Crippen LogP contribution < -0.4 is 10.0 Å². The van der Waals surface area contributed by atoms with Crippen LogP contribution in [0.2, 0.25) is 0 Å². The minimum absolute atomic E-state index is 0.00337. The van der Waals surface area contributed by atoms with Gasteiger partial charge >= 0.3 is 0 Å². The fourth-order valence-corrected chi connectivity index (χ4v) is 4.23. The predicted octanol–water partition coefficient (Wildman–Crippen LogP) is 4.54. The van der Waals surface area contributed by atoms with Crippen LogP contribution in [-0.4, -0.2) is 24.1 Å². The van der Waals surface area contributed by atoms with E-state index in [-0.39, 0.29) is 10.5 Å². The zero-order valence-electron chi connectivity index (χ0n) is 17.6. The lowest BCUT2D eigenvalue weighted by atomic mass is 10.1. The van der Waals surface area contributed by atoms with Crippen LogP contribution >= 0.6 is 0 Å². The minimum atomic E-state index is -3.85. The third-order valence-electron chi connectivity index (χ3n) is 4.92. The number of amides is 1. The summed E-state index contributed by atoms with van der Waals surface area (Å²) in [6.07, 6.45) is 1.74. The van der Waals surface area contributed by atoms with Gasteiger partial charge in [0.2, 0.25) is 0 Å². The Morgan fingerprint density at radius 1 is 0.906 bits per heavy atom. The van der Waals surface area contributed by atoms with Gasteiger partial charge in [0.05, 0.1) is 10.6 Å². The highest BCUT2D eigenvalue weighted by molar-refractivity contribution is 7.92. The second-order valence-corrected chi connectivity index (χ2v) is 9.07. The number of rotatable bonds is 6. The first-order valence-corrected chi connectivity index (χ1v) is 11.4. The second-order valence-electron chi connectivity index (χ2n) is 7.38. The summed E-state index contributed by atoms with van der Waals surface area (Å²) in [5.74, 6) is -0.0718. The molecule has 4 aromatic rings. The lowest BCUT2D eigenvalue weighted by Gasteiger charge is -2.11. The van der Waals surface area contributed by atoms with Crippen molar-refractivity contribution in [1.29, 1.82) is 0 Å². The Morgan fingerprint density at radius 3 is 2.34 bits per heavy atom. The van der Waals surface area contributed by atoms with Crippen LogP contribution in [0.4, 0.5) is 11.5 Å². The molecule has 0 atom stereocenters. The fraction of sp³-hybridized carbons (Fsp3) is 0.0833. The molecule has 0 aliphatic heterocycles. The van der Waals surface area contributed by atoms with E-state index in [0.717, 1.165) is 11.3 Å². The Hall–Kier alpha value is -3.91. The maximum absolute atomic E-state index is 12.9. The largest absolute Gasteiger partial charge is 0.305 e. The summed E-state index contributed by atoms with van der Waals surface area (Å²) in [5, 5.41) is 7.10. The van der Waals surface area contributed by atoms with E-state index in [2.05, 4.69) is 15.1 Å². The predicted molar refractivity (Wildman–Crippen MR) is 125 cm³/mol. The van der Waals surface area contributed by atoms with Gasteiger partial charge in [0.1, 0.15) is 0 Å². The molecule has 32 heavy (non-hydrogen) atoms. The van der Waals surface area contributed by atoms with Crippen LogP contribution in [0, 0.1) is 13.8 Å². The van der Waals surface area contributed by atoms with E-state index in [4.69, 9.17) is 0 Å².